The van der Waals surface area contributed by atoms with Gasteiger partial charge in [-0.15, -0.1) is 0 Å². The molecule has 1 aliphatic rings. The van der Waals surface area contributed by atoms with E-state index in [-0.39, 0.29) is 18.2 Å². The topological polar surface area (TPSA) is 81.6 Å². The van der Waals surface area contributed by atoms with Crippen LogP contribution in [0, 0.1) is 0 Å². The number of anilines is 1. The SMILES string of the molecule is C[C@H](O)CN1CCN(C(=O)Nc2cnc(-c3ccccc3)nc2)[C@H](C)C1. The zero-order valence-corrected chi connectivity index (χ0v) is 15.2. The molecule has 2 N–H and O–H groups in total. The molecular weight excluding hydrogens is 330 g/mol. The molecule has 7 heteroatoms. The van der Waals surface area contributed by atoms with Crippen LogP contribution < -0.4 is 5.32 Å². The van der Waals surface area contributed by atoms with Gasteiger partial charge in [-0.1, -0.05) is 30.3 Å². The Morgan fingerprint density at radius 2 is 1.96 bits per heavy atom. The zero-order chi connectivity index (χ0) is 18.5. The number of nitrogens with zero attached hydrogens (tertiary/aromatic N) is 4. The van der Waals surface area contributed by atoms with Gasteiger partial charge in [0.25, 0.3) is 0 Å². The lowest BCUT2D eigenvalue weighted by molar-refractivity contribution is 0.0692. The summed E-state index contributed by atoms with van der Waals surface area (Å²) in [4.78, 5) is 25.2. The van der Waals surface area contributed by atoms with E-state index in [1.807, 2.05) is 42.2 Å². The number of aliphatic hydroxyl groups excluding tert-OH is 1. The summed E-state index contributed by atoms with van der Waals surface area (Å²) in [5.74, 6) is 0.628. The molecule has 1 fully saturated rings. The Bertz CT molecular complexity index is 720. The summed E-state index contributed by atoms with van der Waals surface area (Å²) in [5.41, 5.74) is 1.52. The van der Waals surface area contributed by atoms with Gasteiger partial charge in [-0.3, -0.25) is 4.90 Å². The Balaban J connectivity index is 1.58. The average Bonchev–Trinajstić information content (AvgIpc) is 2.62. The summed E-state index contributed by atoms with van der Waals surface area (Å²) in [5, 5.41) is 12.4. The second-order valence-corrected chi connectivity index (χ2v) is 6.74. The minimum Gasteiger partial charge on any atom is -0.392 e. The fraction of sp³-hybridized carbons (Fsp3) is 0.421. The van der Waals surface area contributed by atoms with Gasteiger partial charge in [0.1, 0.15) is 0 Å². The minimum absolute atomic E-state index is 0.0759. The van der Waals surface area contributed by atoms with E-state index in [0.717, 1.165) is 18.7 Å². The molecule has 2 aromatic rings. The number of urea groups is 1. The summed E-state index contributed by atoms with van der Waals surface area (Å²) in [6.45, 7) is 6.57. The normalized spacial score (nSPS) is 19.2. The van der Waals surface area contributed by atoms with Crippen molar-refractivity contribution < 1.29 is 9.90 Å². The van der Waals surface area contributed by atoms with E-state index in [2.05, 4.69) is 20.2 Å². The molecular formula is C19H25N5O2. The number of piperazine rings is 1. The number of carbonyl (C=O) groups is 1. The van der Waals surface area contributed by atoms with E-state index in [1.54, 1.807) is 19.3 Å². The maximum absolute atomic E-state index is 12.6. The predicted molar refractivity (Wildman–Crippen MR) is 101 cm³/mol. The van der Waals surface area contributed by atoms with Crippen LogP contribution in [0.15, 0.2) is 42.7 Å². The monoisotopic (exact) mass is 355 g/mol. The molecule has 7 nitrogen and oxygen atoms in total. The standard InChI is InChI=1S/C19H25N5O2/c1-14-12-23(13-15(2)25)8-9-24(14)19(26)22-17-10-20-18(21-11-17)16-6-4-3-5-7-16/h3-7,10-11,14-15,25H,8-9,12-13H2,1-2H3,(H,22,26)/t14-,15+/m1/s1. The molecule has 1 aromatic heterocycles. The molecule has 0 unspecified atom stereocenters. The van der Waals surface area contributed by atoms with Gasteiger partial charge < -0.3 is 15.3 Å². The lowest BCUT2D eigenvalue weighted by atomic mass is 10.2. The van der Waals surface area contributed by atoms with Crippen molar-refractivity contribution in [2.24, 2.45) is 0 Å². The zero-order valence-electron chi connectivity index (χ0n) is 15.2. The Labute approximate surface area is 153 Å². The Morgan fingerprint density at radius 3 is 2.58 bits per heavy atom. The van der Waals surface area contributed by atoms with E-state index in [0.29, 0.717) is 24.6 Å². The highest BCUT2D eigenvalue weighted by Gasteiger charge is 2.27. The minimum atomic E-state index is -0.358. The molecule has 0 bridgehead atoms. The molecule has 0 saturated carbocycles. The Hall–Kier alpha value is -2.51. The lowest BCUT2D eigenvalue weighted by Gasteiger charge is -2.40. The number of aliphatic hydroxyl groups is 1. The number of rotatable bonds is 4. The molecule has 0 radical (unpaired) electrons. The van der Waals surface area contributed by atoms with Gasteiger partial charge >= 0.3 is 6.03 Å². The first-order chi connectivity index (χ1) is 12.5. The molecule has 3 rings (SSSR count). The predicted octanol–water partition coefficient (Wildman–Crippen LogP) is 2.06. The van der Waals surface area contributed by atoms with Crippen molar-refractivity contribution in [2.45, 2.75) is 26.0 Å². The van der Waals surface area contributed by atoms with Crippen molar-refractivity contribution in [3.63, 3.8) is 0 Å². The number of β-amino-alcohol motifs (C(OH)–C–C–N with tert-alkyl or cyclic N) is 1. The molecule has 2 heterocycles. The number of aromatic nitrogens is 2. The molecule has 2 atom stereocenters. The first-order valence-corrected chi connectivity index (χ1v) is 8.88. The molecule has 0 aliphatic carbocycles. The van der Waals surface area contributed by atoms with Crippen molar-refractivity contribution in [3.05, 3.63) is 42.7 Å². The smallest absolute Gasteiger partial charge is 0.322 e. The van der Waals surface area contributed by atoms with Gasteiger partial charge in [0.05, 0.1) is 24.2 Å². The maximum Gasteiger partial charge on any atom is 0.322 e. The van der Waals surface area contributed by atoms with E-state index in [9.17, 15) is 9.90 Å². The molecule has 0 spiro atoms. The highest BCUT2D eigenvalue weighted by atomic mass is 16.3. The van der Waals surface area contributed by atoms with Crippen LogP contribution in [-0.2, 0) is 0 Å². The van der Waals surface area contributed by atoms with Gasteiger partial charge in [0.2, 0.25) is 0 Å². The number of hydrogen-bond donors (Lipinski definition) is 2. The third-order valence-corrected chi connectivity index (χ3v) is 4.43. The first kappa shape index (κ1) is 18.3. The van der Waals surface area contributed by atoms with Crippen LogP contribution in [0.25, 0.3) is 11.4 Å². The van der Waals surface area contributed by atoms with Crippen LogP contribution in [0.3, 0.4) is 0 Å². The highest BCUT2D eigenvalue weighted by Crippen LogP contribution is 2.16. The van der Waals surface area contributed by atoms with Crippen LogP contribution in [0.2, 0.25) is 0 Å². The van der Waals surface area contributed by atoms with Gasteiger partial charge in [0.15, 0.2) is 5.82 Å². The largest absolute Gasteiger partial charge is 0.392 e. The fourth-order valence-corrected chi connectivity index (χ4v) is 3.20. The van der Waals surface area contributed by atoms with Crippen molar-refractivity contribution in [3.8, 4) is 11.4 Å². The number of carbonyl (C=O) groups excluding carboxylic acids is 1. The van der Waals surface area contributed by atoms with Gasteiger partial charge in [-0.2, -0.15) is 0 Å². The van der Waals surface area contributed by atoms with Crippen LogP contribution in [0.1, 0.15) is 13.8 Å². The lowest BCUT2D eigenvalue weighted by Crippen LogP contribution is -2.56. The number of hydrogen-bond acceptors (Lipinski definition) is 5. The average molecular weight is 355 g/mol. The fourth-order valence-electron chi connectivity index (χ4n) is 3.20. The summed E-state index contributed by atoms with van der Waals surface area (Å²) in [7, 11) is 0. The van der Waals surface area contributed by atoms with E-state index >= 15 is 0 Å². The molecule has 1 aromatic carbocycles. The Morgan fingerprint density at radius 1 is 1.27 bits per heavy atom. The third kappa shape index (κ3) is 4.56. The molecule has 1 aliphatic heterocycles. The van der Waals surface area contributed by atoms with E-state index in [1.165, 1.54) is 0 Å². The highest BCUT2D eigenvalue weighted by molar-refractivity contribution is 5.89. The van der Waals surface area contributed by atoms with Crippen molar-refractivity contribution in [1.29, 1.82) is 0 Å². The maximum atomic E-state index is 12.6. The summed E-state index contributed by atoms with van der Waals surface area (Å²) in [6.07, 6.45) is 2.89. The summed E-state index contributed by atoms with van der Waals surface area (Å²) < 4.78 is 0. The molecule has 1 saturated heterocycles. The third-order valence-electron chi connectivity index (χ3n) is 4.43. The molecule has 2 amide bonds. The quantitative estimate of drug-likeness (QED) is 0.877. The number of nitrogens with one attached hydrogen (secondary N) is 1. The van der Waals surface area contributed by atoms with E-state index in [4.69, 9.17) is 0 Å². The van der Waals surface area contributed by atoms with Crippen molar-refractivity contribution in [2.75, 3.05) is 31.5 Å². The van der Waals surface area contributed by atoms with Crippen LogP contribution >= 0.6 is 0 Å². The second kappa shape index (κ2) is 8.25. The number of amides is 2. The van der Waals surface area contributed by atoms with Crippen LogP contribution in [0.5, 0.6) is 0 Å². The summed E-state index contributed by atoms with van der Waals surface area (Å²) >= 11 is 0. The Kier molecular flexibility index (Phi) is 5.80. The van der Waals surface area contributed by atoms with Crippen molar-refractivity contribution in [1.82, 2.24) is 19.8 Å². The molecule has 26 heavy (non-hydrogen) atoms. The first-order valence-electron chi connectivity index (χ1n) is 8.88. The van der Waals surface area contributed by atoms with Crippen LogP contribution in [0.4, 0.5) is 10.5 Å². The van der Waals surface area contributed by atoms with Crippen molar-refractivity contribution >= 4 is 11.7 Å². The van der Waals surface area contributed by atoms with E-state index < -0.39 is 0 Å². The van der Waals surface area contributed by atoms with Gasteiger partial charge in [0, 0.05) is 37.8 Å². The van der Waals surface area contributed by atoms with Gasteiger partial charge in [-0.05, 0) is 13.8 Å². The van der Waals surface area contributed by atoms with Crippen LogP contribution in [-0.4, -0.2) is 69.2 Å². The molecule has 138 valence electrons. The number of benzene rings is 1. The van der Waals surface area contributed by atoms with Gasteiger partial charge in [-0.25, -0.2) is 14.8 Å². The second-order valence-electron chi connectivity index (χ2n) is 6.74. The summed E-state index contributed by atoms with van der Waals surface area (Å²) in [6, 6.07) is 9.64.